The number of hydrogen-bond donors (Lipinski definition) is 1. The molecule has 0 amide bonds. The van der Waals surface area contributed by atoms with Crippen LogP contribution in [0.1, 0.15) is 24.8 Å². The Morgan fingerprint density at radius 1 is 1.03 bits per heavy atom. The number of nitrogens with zero attached hydrogens (tertiary/aromatic N) is 5. The van der Waals surface area contributed by atoms with Crippen molar-refractivity contribution in [3.63, 3.8) is 0 Å². The first-order chi connectivity index (χ1) is 16.1. The van der Waals surface area contributed by atoms with E-state index in [4.69, 9.17) is 19.8 Å². The molecule has 1 N–H and O–H groups in total. The lowest BCUT2D eigenvalue weighted by Gasteiger charge is -2.25. The fraction of sp³-hybridized carbons (Fsp3) is 0.400. The topological polar surface area (TPSA) is 67.6 Å². The van der Waals surface area contributed by atoms with Gasteiger partial charge in [0.25, 0.3) is 0 Å². The van der Waals surface area contributed by atoms with Crippen molar-refractivity contribution in [3.8, 4) is 11.4 Å². The molecule has 0 aliphatic carbocycles. The molecule has 170 valence electrons. The van der Waals surface area contributed by atoms with E-state index in [0.717, 1.165) is 71.2 Å². The molecule has 33 heavy (non-hydrogen) atoms. The molecule has 6 rings (SSSR count). The minimum Gasteiger partial charge on any atom is -0.381 e. The van der Waals surface area contributed by atoms with Crippen molar-refractivity contribution in [2.45, 2.75) is 38.4 Å². The summed E-state index contributed by atoms with van der Waals surface area (Å²) in [5.41, 5.74) is 4.43. The Morgan fingerprint density at radius 3 is 2.70 bits per heavy atom. The number of aromatic nitrogens is 4. The average molecular weight is 447 g/mol. The standard InChI is InChI=1S/C25H27FN6O/c1-16-12-21(28-20-5-3-2-4-19(16)20)22-13-24-29-23(31-9-6-17(26)15-31)14-25(32(24)30-22)27-18-7-10-33-11-8-18/h2-5,12-14,17-18,27H,6-11,15H2,1H3/t17-/m1/s1. The van der Waals surface area contributed by atoms with Gasteiger partial charge in [-0.05, 0) is 43.9 Å². The first kappa shape index (κ1) is 20.4. The van der Waals surface area contributed by atoms with E-state index in [1.165, 1.54) is 0 Å². The highest BCUT2D eigenvalue weighted by molar-refractivity contribution is 5.84. The van der Waals surface area contributed by atoms with E-state index >= 15 is 0 Å². The molecule has 1 atom stereocenters. The van der Waals surface area contributed by atoms with Crippen molar-refractivity contribution in [2.24, 2.45) is 0 Å². The van der Waals surface area contributed by atoms with E-state index in [1.807, 2.05) is 39.7 Å². The molecular weight excluding hydrogens is 419 g/mol. The molecule has 4 aromatic rings. The number of rotatable bonds is 4. The number of para-hydroxylation sites is 1. The minimum atomic E-state index is -0.805. The number of hydrogen-bond acceptors (Lipinski definition) is 6. The van der Waals surface area contributed by atoms with Gasteiger partial charge in [0.1, 0.15) is 23.5 Å². The van der Waals surface area contributed by atoms with Crippen molar-refractivity contribution >= 4 is 28.2 Å². The molecule has 2 aliphatic rings. The van der Waals surface area contributed by atoms with Crippen molar-refractivity contribution in [2.75, 3.05) is 36.5 Å². The highest BCUT2D eigenvalue weighted by atomic mass is 19.1. The first-order valence-electron chi connectivity index (χ1n) is 11.6. The number of fused-ring (bicyclic) bond motifs is 2. The molecule has 1 aromatic carbocycles. The van der Waals surface area contributed by atoms with Gasteiger partial charge in [0.2, 0.25) is 0 Å². The van der Waals surface area contributed by atoms with Crippen LogP contribution in [0.15, 0.2) is 42.5 Å². The summed E-state index contributed by atoms with van der Waals surface area (Å²) in [6.45, 7) is 4.65. The zero-order chi connectivity index (χ0) is 22.4. The zero-order valence-corrected chi connectivity index (χ0v) is 18.7. The molecule has 3 aromatic heterocycles. The van der Waals surface area contributed by atoms with E-state index in [0.29, 0.717) is 25.6 Å². The van der Waals surface area contributed by atoms with Gasteiger partial charge in [-0.3, -0.25) is 0 Å². The van der Waals surface area contributed by atoms with Gasteiger partial charge in [-0.1, -0.05) is 18.2 Å². The maximum absolute atomic E-state index is 13.9. The van der Waals surface area contributed by atoms with Crippen LogP contribution in [0.5, 0.6) is 0 Å². The highest BCUT2D eigenvalue weighted by Crippen LogP contribution is 2.29. The van der Waals surface area contributed by atoms with Gasteiger partial charge < -0.3 is 15.0 Å². The van der Waals surface area contributed by atoms with Crippen molar-refractivity contribution < 1.29 is 9.13 Å². The fourth-order valence-corrected chi connectivity index (χ4v) is 4.81. The summed E-state index contributed by atoms with van der Waals surface area (Å²) in [5, 5.41) is 9.67. The van der Waals surface area contributed by atoms with Gasteiger partial charge in [-0.2, -0.15) is 9.61 Å². The van der Waals surface area contributed by atoms with Gasteiger partial charge in [0.05, 0.1) is 17.8 Å². The second-order valence-electron chi connectivity index (χ2n) is 9.00. The lowest BCUT2D eigenvalue weighted by atomic mass is 10.1. The third-order valence-corrected chi connectivity index (χ3v) is 6.63. The summed E-state index contributed by atoms with van der Waals surface area (Å²) < 4.78 is 21.3. The molecule has 2 saturated heterocycles. The Bertz CT molecular complexity index is 1320. The van der Waals surface area contributed by atoms with Gasteiger partial charge >= 0.3 is 0 Å². The van der Waals surface area contributed by atoms with E-state index in [-0.39, 0.29) is 0 Å². The number of ether oxygens (including phenoxy) is 1. The third kappa shape index (κ3) is 3.88. The van der Waals surface area contributed by atoms with Crippen LogP contribution >= 0.6 is 0 Å². The number of alkyl halides is 1. The molecule has 0 radical (unpaired) electrons. The summed E-state index contributed by atoms with van der Waals surface area (Å²) in [6.07, 6.45) is 1.62. The van der Waals surface area contributed by atoms with Crippen LogP contribution < -0.4 is 10.2 Å². The molecule has 0 bridgehead atoms. The number of pyridine rings is 1. The van der Waals surface area contributed by atoms with E-state index in [1.54, 1.807) is 0 Å². The normalized spacial score (nSPS) is 19.6. The molecule has 2 aliphatic heterocycles. The van der Waals surface area contributed by atoms with Crippen LogP contribution in [0, 0.1) is 6.92 Å². The van der Waals surface area contributed by atoms with Crippen LogP contribution in [0.4, 0.5) is 16.0 Å². The number of anilines is 2. The van der Waals surface area contributed by atoms with Gasteiger partial charge in [0.15, 0.2) is 5.65 Å². The second kappa shape index (κ2) is 8.26. The summed E-state index contributed by atoms with van der Waals surface area (Å²) in [4.78, 5) is 11.7. The Balaban J connectivity index is 1.44. The highest BCUT2D eigenvalue weighted by Gasteiger charge is 2.25. The summed E-state index contributed by atoms with van der Waals surface area (Å²) in [7, 11) is 0. The number of nitrogens with one attached hydrogen (secondary N) is 1. The molecule has 2 fully saturated rings. The molecule has 0 saturated carbocycles. The summed E-state index contributed by atoms with van der Waals surface area (Å²) in [6, 6.07) is 14.5. The number of benzene rings is 1. The quantitative estimate of drug-likeness (QED) is 0.502. The monoisotopic (exact) mass is 446 g/mol. The van der Waals surface area contributed by atoms with Gasteiger partial charge in [-0.25, -0.2) is 14.4 Å². The second-order valence-corrected chi connectivity index (χ2v) is 9.00. The van der Waals surface area contributed by atoms with E-state index < -0.39 is 6.17 Å². The van der Waals surface area contributed by atoms with E-state index in [9.17, 15) is 4.39 Å². The number of halogens is 1. The largest absolute Gasteiger partial charge is 0.381 e. The predicted octanol–water partition coefficient (Wildman–Crippen LogP) is 4.39. The van der Waals surface area contributed by atoms with Crippen molar-refractivity contribution in [1.29, 1.82) is 0 Å². The van der Waals surface area contributed by atoms with Gasteiger partial charge in [-0.15, -0.1) is 0 Å². The molecule has 0 unspecified atom stereocenters. The minimum absolute atomic E-state index is 0.304. The lowest BCUT2D eigenvalue weighted by Crippen LogP contribution is -2.29. The number of aryl methyl sites for hydroxylation is 1. The van der Waals surface area contributed by atoms with Crippen LogP contribution in [0.25, 0.3) is 27.9 Å². The molecule has 8 heteroatoms. The third-order valence-electron chi connectivity index (χ3n) is 6.63. The van der Waals surface area contributed by atoms with Crippen molar-refractivity contribution in [1.82, 2.24) is 19.6 Å². The summed E-state index contributed by atoms with van der Waals surface area (Å²) in [5.74, 6) is 1.65. The maximum atomic E-state index is 13.9. The Hall–Kier alpha value is -3.26. The smallest absolute Gasteiger partial charge is 0.160 e. The SMILES string of the molecule is Cc1cc(-c2cc3nc(N4CC[C@@H](F)C4)cc(NC4CCOCC4)n3n2)nc2ccccc12. The van der Waals surface area contributed by atoms with E-state index in [2.05, 4.69) is 24.4 Å². The Labute approximate surface area is 191 Å². The average Bonchev–Trinajstić information content (AvgIpc) is 3.46. The Morgan fingerprint density at radius 2 is 1.88 bits per heavy atom. The fourth-order valence-electron chi connectivity index (χ4n) is 4.81. The summed E-state index contributed by atoms with van der Waals surface area (Å²) >= 11 is 0. The van der Waals surface area contributed by atoms with Crippen LogP contribution in [-0.4, -0.2) is 58.1 Å². The Kier molecular flexibility index (Phi) is 5.10. The van der Waals surface area contributed by atoms with Crippen LogP contribution in [0.3, 0.4) is 0 Å². The predicted molar refractivity (Wildman–Crippen MR) is 128 cm³/mol. The molecular formula is C25H27FN6O. The lowest BCUT2D eigenvalue weighted by molar-refractivity contribution is 0.0903. The maximum Gasteiger partial charge on any atom is 0.160 e. The molecule has 7 nitrogen and oxygen atoms in total. The van der Waals surface area contributed by atoms with Crippen LogP contribution in [-0.2, 0) is 4.74 Å². The van der Waals surface area contributed by atoms with Gasteiger partial charge in [0, 0.05) is 43.3 Å². The van der Waals surface area contributed by atoms with Crippen LogP contribution in [0.2, 0.25) is 0 Å². The molecule has 5 heterocycles. The first-order valence-corrected chi connectivity index (χ1v) is 11.6. The van der Waals surface area contributed by atoms with Crippen molar-refractivity contribution in [3.05, 3.63) is 48.0 Å². The zero-order valence-electron chi connectivity index (χ0n) is 18.7. The molecule has 0 spiro atoms.